The van der Waals surface area contributed by atoms with Gasteiger partial charge in [0.05, 0.1) is 19.4 Å². The van der Waals surface area contributed by atoms with E-state index in [2.05, 4.69) is 15.6 Å². The lowest BCUT2D eigenvalue weighted by Gasteiger charge is -2.46. The van der Waals surface area contributed by atoms with Crippen LogP contribution in [-0.2, 0) is 14.3 Å². The summed E-state index contributed by atoms with van der Waals surface area (Å²) < 4.78 is 11.1. The van der Waals surface area contributed by atoms with Crippen molar-refractivity contribution in [2.75, 3.05) is 55.1 Å². The Morgan fingerprint density at radius 1 is 1.12 bits per heavy atom. The molecule has 2 aromatic rings. The summed E-state index contributed by atoms with van der Waals surface area (Å²) >= 11 is 0. The molecule has 0 unspecified atom stereocenters. The van der Waals surface area contributed by atoms with Crippen LogP contribution in [0.2, 0.25) is 0 Å². The maximum Gasteiger partial charge on any atom is 0.318 e. The molecular formula is C22H26N6O4. The van der Waals surface area contributed by atoms with Gasteiger partial charge in [0, 0.05) is 44.1 Å². The summed E-state index contributed by atoms with van der Waals surface area (Å²) in [5.74, 6) is 1.38. The minimum Gasteiger partial charge on any atom is -0.381 e. The molecule has 2 saturated heterocycles. The Labute approximate surface area is 185 Å². The molecule has 0 spiro atoms. The smallest absolute Gasteiger partial charge is 0.318 e. The van der Waals surface area contributed by atoms with E-state index in [1.807, 2.05) is 34.1 Å². The third-order valence-electron chi connectivity index (χ3n) is 6.12. The summed E-state index contributed by atoms with van der Waals surface area (Å²) in [5, 5.41) is 5.26. The Kier molecular flexibility index (Phi) is 5.62. The Morgan fingerprint density at radius 3 is 2.66 bits per heavy atom. The van der Waals surface area contributed by atoms with E-state index >= 15 is 0 Å². The topological polar surface area (TPSA) is 109 Å². The van der Waals surface area contributed by atoms with Crippen molar-refractivity contribution in [1.82, 2.24) is 15.3 Å². The van der Waals surface area contributed by atoms with Gasteiger partial charge in [-0.1, -0.05) is 0 Å². The van der Waals surface area contributed by atoms with E-state index in [4.69, 9.17) is 14.5 Å². The fraction of sp³-hybridized carbons (Fsp3) is 0.455. The minimum atomic E-state index is -0.374. The molecule has 3 aliphatic heterocycles. The number of morpholine rings is 1. The quantitative estimate of drug-likeness (QED) is 0.750. The normalized spacial score (nSPS) is 21.0. The Bertz CT molecular complexity index is 1010. The van der Waals surface area contributed by atoms with E-state index in [-0.39, 0.29) is 24.0 Å². The lowest BCUT2D eigenvalue weighted by Crippen LogP contribution is -2.61. The number of aromatic nitrogens is 2. The summed E-state index contributed by atoms with van der Waals surface area (Å²) in [4.78, 5) is 38.3. The summed E-state index contributed by atoms with van der Waals surface area (Å²) in [6.07, 6.45) is 3.34. The van der Waals surface area contributed by atoms with E-state index < -0.39 is 0 Å². The summed E-state index contributed by atoms with van der Waals surface area (Å²) in [5.41, 5.74) is 2.26. The molecule has 0 bridgehead atoms. The van der Waals surface area contributed by atoms with Gasteiger partial charge < -0.3 is 29.9 Å². The van der Waals surface area contributed by atoms with Gasteiger partial charge in [-0.05, 0) is 37.1 Å². The zero-order valence-corrected chi connectivity index (χ0v) is 17.9. The number of anilines is 3. The lowest BCUT2D eigenvalue weighted by molar-refractivity contribution is -0.123. The first-order valence-corrected chi connectivity index (χ1v) is 10.9. The van der Waals surface area contributed by atoms with Crippen LogP contribution in [0.25, 0.3) is 11.4 Å². The molecule has 2 N–H and O–H groups in total. The number of hydrogen-bond acceptors (Lipinski definition) is 7. The number of nitrogens with one attached hydrogen (secondary N) is 2. The highest BCUT2D eigenvalue weighted by Gasteiger charge is 2.44. The van der Waals surface area contributed by atoms with Crippen LogP contribution in [0.15, 0.2) is 30.5 Å². The average molecular weight is 438 g/mol. The summed E-state index contributed by atoms with van der Waals surface area (Å²) in [6, 6.07) is 6.77. The van der Waals surface area contributed by atoms with Crippen LogP contribution in [0.5, 0.6) is 0 Å². The number of benzene rings is 1. The van der Waals surface area contributed by atoms with Crippen molar-refractivity contribution in [3.8, 4) is 11.4 Å². The van der Waals surface area contributed by atoms with Gasteiger partial charge >= 0.3 is 6.03 Å². The van der Waals surface area contributed by atoms with Gasteiger partial charge in [-0.15, -0.1) is 0 Å². The van der Waals surface area contributed by atoms with Crippen LogP contribution in [-0.4, -0.2) is 74.0 Å². The van der Waals surface area contributed by atoms with Gasteiger partial charge in [0.15, 0.2) is 11.6 Å². The monoisotopic (exact) mass is 438 g/mol. The highest BCUT2D eigenvalue weighted by Crippen LogP contribution is 2.39. The molecule has 168 valence electrons. The van der Waals surface area contributed by atoms with Crippen LogP contribution >= 0.6 is 0 Å². The number of nitrogens with zero attached hydrogens (tertiary/aromatic N) is 4. The second-order valence-electron chi connectivity index (χ2n) is 8.02. The molecule has 0 aliphatic carbocycles. The lowest BCUT2D eigenvalue weighted by atomic mass is 10.0. The maximum absolute atomic E-state index is 13.4. The predicted octanol–water partition coefficient (Wildman–Crippen LogP) is 1.63. The molecule has 2 fully saturated rings. The molecule has 32 heavy (non-hydrogen) atoms. The Balaban J connectivity index is 1.50. The van der Waals surface area contributed by atoms with E-state index in [0.29, 0.717) is 44.5 Å². The van der Waals surface area contributed by atoms with Gasteiger partial charge in [0.25, 0.3) is 5.91 Å². The molecule has 5 rings (SSSR count). The first kappa shape index (κ1) is 20.7. The number of rotatable bonds is 3. The third-order valence-corrected chi connectivity index (χ3v) is 6.12. The molecule has 0 radical (unpaired) electrons. The molecule has 0 saturated carbocycles. The molecule has 1 aromatic carbocycles. The number of fused-ring (bicyclic) bond motifs is 3. The van der Waals surface area contributed by atoms with Crippen molar-refractivity contribution in [2.24, 2.45) is 0 Å². The number of amides is 3. The van der Waals surface area contributed by atoms with Crippen LogP contribution in [0, 0.1) is 0 Å². The van der Waals surface area contributed by atoms with Crippen molar-refractivity contribution in [1.29, 1.82) is 0 Å². The van der Waals surface area contributed by atoms with Gasteiger partial charge in [0.2, 0.25) is 0 Å². The average Bonchev–Trinajstić information content (AvgIpc) is 2.85. The zero-order valence-electron chi connectivity index (χ0n) is 17.9. The van der Waals surface area contributed by atoms with Crippen LogP contribution in [0.3, 0.4) is 0 Å². The van der Waals surface area contributed by atoms with Gasteiger partial charge in [-0.3, -0.25) is 4.79 Å². The number of urea groups is 1. The van der Waals surface area contributed by atoms with E-state index in [1.165, 1.54) is 0 Å². The van der Waals surface area contributed by atoms with Crippen LogP contribution in [0.1, 0.15) is 12.8 Å². The van der Waals surface area contributed by atoms with Gasteiger partial charge in [0.1, 0.15) is 11.7 Å². The van der Waals surface area contributed by atoms with Gasteiger partial charge in [-0.2, -0.15) is 0 Å². The number of hydrogen-bond donors (Lipinski definition) is 2. The predicted molar refractivity (Wildman–Crippen MR) is 119 cm³/mol. The minimum absolute atomic E-state index is 0.0464. The Hall–Kier alpha value is -3.24. The highest BCUT2D eigenvalue weighted by atomic mass is 16.5. The SMILES string of the molecule is CNC(=O)Nc1ccc(-c2ncc3c(n2)N2CCOC[C@H]2C(=O)N3C2CCOCC2)cc1. The zero-order chi connectivity index (χ0) is 22.1. The fourth-order valence-corrected chi connectivity index (χ4v) is 4.44. The second kappa shape index (κ2) is 8.71. The molecule has 10 nitrogen and oxygen atoms in total. The van der Waals surface area contributed by atoms with Crippen molar-refractivity contribution in [3.05, 3.63) is 30.5 Å². The summed E-state index contributed by atoms with van der Waals surface area (Å²) in [7, 11) is 1.57. The molecule has 1 atom stereocenters. The van der Waals surface area contributed by atoms with Crippen molar-refractivity contribution < 1.29 is 19.1 Å². The first-order chi connectivity index (χ1) is 15.7. The maximum atomic E-state index is 13.4. The van der Waals surface area contributed by atoms with E-state index in [0.717, 1.165) is 29.9 Å². The fourth-order valence-electron chi connectivity index (χ4n) is 4.44. The Morgan fingerprint density at radius 2 is 1.91 bits per heavy atom. The number of ether oxygens (including phenoxy) is 2. The standard InChI is InChI=1S/C22H26N6O4/c1-23-22(30)25-15-4-2-14(3-5-15)19-24-12-17-20(26-19)27-8-11-32-13-18(27)21(29)28(17)16-6-9-31-10-7-16/h2-5,12,16,18H,6-11,13H2,1H3,(H2,23,25,30)/t18-/m0/s1. The highest BCUT2D eigenvalue weighted by molar-refractivity contribution is 6.05. The largest absolute Gasteiger partial charge is 0.381 e. The molecule has 3 amide bonds. The second-order valence-corrected chi connectivity index (χ2v) is 8.02. The molecular weight excluding hydrogens is 412 g/mol. The molecule has 4 heterocycles. The molecule has 10 heteroatoms. The van der Waals surface area contributed by atoms with Crippen molar-refractivity contribution in [2.45, 2.75) is 24.9 Å². The van der Waals surface area contributed by atoms with E-state index in [1.54, 1.807) is 13.2 Å². The van der Waals surface area contributed by atoms with Gasteiger partial charge in [-0.25, -0.2) is 14.8 Å². The third kappa shape index (κ3) is 3.76. The van der Waals surface area contributed by atoms with E-state index in [9.17, 15) is 9.59 Å². The van der Waals surface area contributed by atoms with Crippen molar-refractivity contribution >= 4 is 29.1 Å². The summed E-state index contributed by atoms with van der Waals surface area (Å²) in [6.45, 7) is 2.81. The molecule has 3 aliphatic rings. The first-order valence-electron chi connectivity index (χ1n) is 10.9. The van der Waals surface area contributed by atoms with Crippen LogP contribution in [0.4, 0.5) is 22.0 Å². The number of carbonyl (C=O) groups excluding carboxylic acids is 2. The number of carbonyl (C=O) groups is 2. The molecule has 1 aromatic heterocycles. The van der Waals surface area contributed by atoms with Crippen LogP contribution < -0.4 is 20.4 Å². The van der Waals surface area contributed by atoms with Crippen molar-refractivity contribution in [3.63, 3.8) is 0 Å².